The average Bonchev–Trinajstić information content (AvgIpc) is 2.85. The van der Waals surface area contributed by atoms with Gasteiger partial charge in [-0.05, 0) is 81.1 Å². The minimum Gasteiger partial charge on any atom is -0.400 e. The zero-order chi connectivity index (χ0) is 26.2. The Morgan fingerprint density at radius 1 is 0.886 bits per heavy atom. The van der Waals surface area contributed by atoms with Crippen molar-refractivity contribution in [3.8, 4) is 0 Å². The summed E-state index contributed by atoms with van der Waals surface area (Å²) >= 11 is 5.86. The molecule has 2 aromatic heterocycles. The molecule has 0 aliphatic heterocycles. The Kier molecular flexibility index (Phi) is 14.3. The predicted molar refractivity (Wildman–Crippen MR) is 142 cm³/mol. The summed E-state index contributed by atoms with van der Waals surface area (Å²) in [6.07, 6.45) is 1.36. The Bertz CT molecular complexity index is 1070. The maximum Gasteiger partial charge on any atom is 0.0841 e. The van der Waals surface area contributed by atoms with Crippen LogP contribution in [-0.2, 0) is 24.4 Å². The number of aryl methyl sites for hydroxylation is 2. The summed E-state index contributed by atoms with van der Waals surface area (Å²) in [5.41, 5.74) is 6.26. The summed E-state index contributed by atoms with van der Waals surface area (Å²) in [4.78, 5) is 8.59. The number of aliphatic hydroxyl groups is 2. The van der Waals surface area contributed by atoms with Crippen molar-refractivity contribution >= 4 is 23.0 Å². The largest absolute Gasteiger partial charge is 0.400 e. The Hall–Kier alpha value is -2.97. The fourth-order valence-corrected chi connectivity index (χ4v) is 3.06. The highest BCUT2D eigenvalue weighted by atomic mass is 35.5. The molecule has 0 bridgehead atoms. The van der Waals surface area contributed by atoms with Gasteiger partial charge >= 0.3 is 0 Å². The van der Waals surface area contributed by atoms with Crippen LogP contribution < -0.4 is 0 Å². The lowest BCUT2D eigenvalue weighted by atomic mass is 10.1. The Morgan fingerprint density at radius 2 is 1.51 bits per heavy atom. The van der Waals surface area contributed by atoms with Crippen molar-refractivity contribution in [3.63, 3.8) is 0 Å². The van der Waals surface area contributed by atoms with Crippen LogP contribution in [-0.4, -0.2) is 45.3 Å². The molecule has 4 N–H and O–H groups in total. The van der Waals surface area contributed by atoms with Crippen LogP contribution in [0.5, 0.6) is 0 Å². The highest BCUT2D eigenvalue weighted by Crippen LogP contribution is 2.13. The van der Waals surface area contributed by atoms with E-state index in [1.165, 1.54) is 0 Å². The van der Waals surface area contributed by atoms with Crippen molar-refractivity contribution in [2.24, 2.45) is 0 Å². The third kappa shape index (κ3) is 11.8. The molecule has 3 aromatic rings. The number of hydrogen-bond donors (Lipinski definition) is 4. The lowest BCUT2D eigenvalue weighted by Gasteiger charge is -2.09. The number of benzene rings is 1. The van der Waals surface area contributed by atoms with Gasteiger partial charge in [-0.1, -0.05) is 29.8 Å². The van der Waals surface area contributed by atoms with Crippen molar-refractivity contribution in [2.75, 3.05) is 13.7 Å². The molecule has 0 unspecified atom stereocenters. The minimum absolute atomic E-state index is 0.137. The van der Waals surface area contributed by atoms with Gasteiger partial charge in [0.1, 0.15) is 0 Å². The topological polar surface area (TPSA) is 123 Å². The molecule has 188 valence electrons. The van der Waals surface area contributed by atoms with Crippen molar-refractivity contribution < 1.29 is 14.9 Å². The van der Waals surface area contributed by atoms with E-state index < -0.39 is 0 Å². The second-order valence-electron chi connectivity index (χ2n) is 7.71. The Balaban J connectivity index is 0.000000425. The zero-order valence-electron chi connectivity index (χ0n) is 20.8. The van der Waals surface area contributed by atoms with Gasteiger partial charge in [0.2, 0.25) is 0 Å². The van der Waals surface area contributed by atoms with Gasteiger partial charge in [-0.3, -0.25) is 9.97 Å². The van der Waals surface area contributed by atoms with E-state index in [1.807, 2.05) is 61.5 Å². The number of hydrogen-bond acceptors (Lipinski definition) is 7. The van der Waals surface area contributed by atoms with Gasteiger partial charge in [-0.15, -0.1) is 0 Å². The summed E-state index contributed by atoms with van der Waals surface area (Å²) < 4.78 is 5.75. The van der Waals surface area contributed by atoms with Gasteiger partial charge in [0.15, 0.2) is 0 Å². The number of nitrogens with one attached hydrogen (secondary N) is 2. The molecule has 0 fully saturated rings. The first-order valence-corrected chi connectivity index (χ1v) is 11.6. The lowest BCUT2D eigenvalue weighted by molar-refractivity contribution is 0.107. The third-order valence-corrected chi connectivity index (χ3v) is 4.89. The number of rotatable bonds is 9. The minimum atomic E-state index is 0.137. The van der Waals surface area contributed by atoms with Gasteiger partial charge in [0.25, 0.3) is 0 Å². The van der Waals surface area contributed by atoms with E-state index in [9.17, 15) is 0 Å². The fourth-order valence-electron chi connectivity index (χ4n) is 2.93. The normalized spacial score (nSPS) is 9.91. The highest BCUT2D eigenvalue weighted by Gasteiger charge is 2.06. The smallest absolute Gasteiger partial charge is 0.0841 e. The quantitative estimate of drug-likeness (QED) is 0.304. The van der Waals surface area contributed by atoms with Gasteiger partial charge in [-0.2, -0.15) is 0 Å². The fraction of sp³-hybridized carbons (Fsp3) is 0.333. The maximum absolute atomic E-state index is 8.96. The van der Waals surface area contributed by atoms with Crippen LogP contribution in [0.1, 0.15) is 54.2 Å². The first kappa shape index (κ1) is 30.1. The molecule has 1 aromatic carbocycles. The summed E-state index contributed by atoms with van der Waals surface area (Å²) in [6.45, 7) is 6.48. The van der Waals surface area contributed by atoms with E-state index >= 15 is 0 Å². The second-order valence-corrected chi connectivity index (χ2v) is 8.15. The highest BCUT2D eigenvalue weighted by molar-refractivity contribution is 6.30. The monoisotopic (exact) mass is 498 g/mol. The molecule has 0 radical (unpaired) electrons. The number of pyridine rings is 2. The number of nitrogens with zero attached hydrogens (tertiary/aromatic N) is 2. The molecule has 0 spiro atoms. The first-order valence-electron chi connectivity index (χ1n) is 11.2. The van der Waals surface area contributed by atoms with Gasteiger partial charge in [0, 0.05) is 30.1 Å². The van der Waals surface area contributed by atoms with E-state index in [0.29, 0.717) is 48.2 Å². The van der Waals surface area contributed by atoms with Crippen molar-refractivity contribution in [1.29, 1.82) is 10.8 Å². The van der Waals surface area contributed by atoms with Crippen LogP contribution in [0.15, 0.2) is 54.6 Å². The lowest BCUT2D eigenvalue weighted by Crippen LogP contribution is -2.05. The molecule has 0 aliphatic carbocycles. The predicted octanol–water partition coefficient (Wildman–Crippen LogP) is 5.15. The molecular formula is C27H35ClN4O3. The van der Waals surface area contributed by atoms with Crippen LogP contribution in [0.2, 0.25) is 5.02 Å². The molecule has 8 heteroatoms. The van der Waals surface area contributed by atoms with Crippen LogP contribution in [0.3, 0.4) is 0 Å². The van der Waals surface area contributed by atoms with Crippen molar-refractivity contribution in [1.82, 2.24) is 9.97 Å². The summed E-state index contributed by atoms with van der Waals surface area (Å²) in [6, 6.07) is 17.1. The summed E-state index contributed by atoms with van der Waals surface area (Å²) in [7, 11) is 1.00. The SMILES string of the molecule is CC(=N)c1cc(COCc2ccc(Cl)cc2)cc(CCCO)n1.CC(=N)c1cccc(C)n1.CO. The number of aromatic nitrogens is 2. The number of halogens is 1. The van der Waals surface area contributed by atoms with Crippen LogP contribution in [0.4, 0.5) is 0 Å². The molecule has 3 rings (SSSR count). The first-order chi connectivity index (χ1) is 16.8. The van der Waals surface area contributed by atoms with Crippen LogP contribution >= 0.6 is 11.6 Å². The Morgan fingerprint density at radius 3 is 2.06 bits per heavy atom. The van der Waals surface area contributed by atoms with Crippen LogP contribution in [0, 0.1) is 17.7 Å². The molecule has 0 saturated heterocycles. The van der Waals surface area contributed by atoms with Gasteiger partial charge < -0.3 is 25.8 Å². The molecule has 7 nitrogen and oxygen atoms in total. The molecule has 2 heterocycles. The summed E-state index contributed by atoms with van der Waals surface area (Å²) in [5, 5.41) is 31.7. The third-order valence-electron chi connectivity index (χ3n) is 4.64. The van der Waals surface area contributed by atoms with E-state index in [4.69, 9.17) is 37.4 Å². The van der Waals surface area contributed by atoms with Crippen LogP contribution in [0.25, 0.3) is 0 Å². The van der Waals surface area contributed by atoms with E-state index in [2.05, 4.69) is 9.97 Å². The molecule has 0 atom stereocenters. The summed E-state index contributed by atoms with van der Waals surface area (Å²) in [5.74, 6) is 0. The molecule has 0 aliphatic rings. The zero-order valence-corrected chi connectivity index (χ0v) is 21.6. The molecule has 35 heavy (non-hydrogen) atoms. The van der Waals surface area contributed by atoms with E-state index in [0.717, 1.165) is 35.3 Å². The van der Waals surface area contributed by atoms with Gasteiger partial charge in [-0.25, -0.2) is 0 Å². The number of ether oxygens (including phenoxy) is 1. The average molecular weight is 499 g/mol. The molecule has 0 amide bonds. The Labute approximate surface area is 212 Å². The van der Waals surface area contributed by atoms with E-state index in [-0.39, 0.29) is 6.61 Å². The second kappa shape index (κ2) is 16.6. The van der Waals surface area contributed by atoms with E-state index in [1.54, 1.807) is 13.8 Å². The van der Waals surface area contributed by atoms with Crippen molar-refractivity contribution in [2.45, 2.75) is 46.8 Å². The van der Waals surface area contributed by atoms with Gasteiger partial charge in [0.05, 0.1) is 36.0 Å². The van der Waals surface area contributed by atoms with Crippen molar-refractivity contribution in [3.05, 3.63) is 93.5 Å². The molecular weight excluding hydrogens is 464 g/mol. The standard InChI is InChI=1S/C18H21ClN2O2.C8H10N2.CH4O/c1-13(20)18-10-15(9-17(21-18)3-2-8-22)12-23-11-14-4-6-16(19)7-5-14;1-6-4-3-5-8(10-6)7(2)9;1-2/h4-7,9-10,20,22H,2-3,8,11-12H2,1H3;3-5,9H,1-2H3;2H,1H3. The number of aliphatic hydroxyl groups excluding tert-OH is 2. The molecule has 0 saturated carbocycles. The maximum atomic E-state index is 8.96.